The number of nitrogen functional groups attached to an aromatic ring is 1. The molecule has 0 radical (unpaired) electrons. The lowest BCUT2D eigenvalue weighted by molar-refractivity contribution is 0.679. The first-order valence-corrected chi connectivity index (χ1v) is 7.91. The minimum Gasteiger partial charge on any atom is -0.382 e. The van der Waals surface area contributed by atoms with Gasteiger partial charge in [0.05, 0.1) is 10.6 Å². The van der Waals surface area contributed by atoms with Crippen LogP contribution in [0.2, 0.25) is 0 Å². The number of rotatable bonds is 3. The van der Waals surface area contributed by atoms with Crippen molar-refractivity contribution in [3.05, 3.63) is 23.2 Å². The van der Waals surface area contributed by atoms with E-state index in [1.165, 1.54) is 23.4 Å². The zero-order valence-corrected chi connectivity index (χ0v) is 11.7. The first-order chi connectivity index (χ1) is 8.79. The van der Waals surface area contributed by atoms with Gasteiger partial charge in [0, 0.05) is 10.6 Å². The molecule has 1 aliphatic carbocycles. The predicted molar refractivity (Wildman–Crippen MR) is 78.5 cm³/mol. The molecule has 0 bridgehead atoms. The molecule has 0 saturated carbocycles. The molecule has 0 spiro atoms. The van der Waals surface area contributed by atoms with Gasteiger partial charge in [-0.1, -0.05) is 6.08 Å². The van der Waals surface area contributed by atoms with Gasteiger partial charge < -0.3 is 5.73 Å². The van der Waals surface area contributed by atoms with Crippen LogP contribution in [-0.2, 0) is 12.8 Å². The maximum Gasteiger partial charge on any atom is 0.152 e. The molecule has 3 nitrogen and oxygen atoms in total. The fourth-order valence-electron chi connectivity index (χ4n) is 2.21. The largest absolute Gasteiger partial charge is 0.382 e. The molecular weight excluding hydrogens is 262 g/mol. The molecule has 0 atom stereocenters. The second-order valence-corrected chi connectivity index (χ2v) is 6.48. The lowest BCUT2D eigenvalue weighted by Gasteiger charge is -2.15. The van der Waals surface area contributed by atoms with Gasteiger partial charge in [-0.2, -0.15) is 0 Å². The molecule has 0 aromatic carbocycles. The lowest BCUT2D eigenvalue weighted by Crippen LogP contribution is -2.05. The van der Waals surface area contributed by atoms with Crippen LogP contribution < -0.4 is 5.73 Å². The Balaban J connectivity index is 2.09. The third-order valence-electron chi connectivity index (χ3n) is 3.07. The van der Waals surface area contributed by atoms with Gasteiger partial charge in [-0.3, -0.25) is 0 Å². The standard InChI is InChI=1S/C13H15N3S2/c1-2-7-17-13-11-10(12(14)16-13)15-8-5-3-4-6-9(8)18-11/h2H,1,3-7H2,(H2,14,16). The van der Waals surface area contributed by atoms with Crippen LogP contribution in [0.1, 0.15) is 23.4 Å². The third-order valence-corrected chi connectivity index (χ3v) is 5.45. The van der Waals surface area contributed by atoms with E-state index >= 15 is 0 Å². The fourth-order valence-corrected chi connectivity index (χ4v) is 4.32. The number of aryl methyl sites for hydroxylation is 2. The molecule has 0 fully saturated rings. The Bertz CT molecular complexity index is 562. The molecule has 3 rings (SSSR count). The highest BCUT2D eigenvalue weighted by atomic mass is 32.2. The Morgan fingerprint density at radius 1 is 1.33 bits per heavy atom. The van der Waals surface area contributed by atoms with Gasteiger partial charge in [-0.05, 0) is 25.7 Å². The molecule has 5 heteroatoms. The zero-order chi connectivity index (χ0) is 12.5. The summed E-state index contributed by atoms with van der Waals surface area (Å²) in [5, 5.41) is 1.01. The minimum atomic E-state index is 0.571. The maximum atomic E-state index is 5.98. The molecule has 2 N–H and O–H groups in total. The number of nitrogens with zero attached hydrogens (tertiary/aromatic N) is 2. The summed E-state index contributed by atoms with van der Waals surface area (Å²) < 4.78 is 0. The summed E-state index contributed by atoms with van der Waals surface area (Å²) in [4.78, 5) is 11.7. The summed E-state index contributed by atoms with van der Waals surface area (Å²) in [6.45, 7) is 3.74. The third kappa shape index (κ3) is 2.01. The van der Waals surface area contributed by atoms with Gasteiger partial charge in [0.1, 0.15) is 10.7 Å². The Labute approximate surface area is 115 Å². The summed E-state index contributed by atoms with van der Waals surface area (Å²) in [7, 11) is 0. The summed E-state index contributed by atoms with van der Waals surface area (Å²) >= 11 is 3.51. The Morgan fingerprint density at radius 2 is 2.17 bits per heavy atom. The van der Waals surface area contributed by atoms with Crippen LogP contribution in [0.4, 0.5) is 5.82 Å². The number of anilines is 1. The van der Waals surface area contributed by atoms with E-state index in [0.717, 1.165) is 34.2 Å². The smallest absolute Gasteiger partial charge is 0.152 e. The zero-order valence-electron chi connectivity index (χ0n) is 10.1. The topological polar surface area (TPSA) is 51.8 Å². The van der Waals surface area contributed by atoms with Crippen molar-refractivity contribution in [2.45, 2.75) is 30.7 Å². The van der Waals surface area contributed by atoms with E-state index in [1.807, 2.05) is 17.4 Å². The number of fused-ring (bicyclic) bond motifs is 2. The molecule has 94 valence electrons. The van der Waals surface area contributed by atoms with Gasteiger partial charge in [0.15, 0.2) is 5.82 Å². The van der Waals surface area contributed by atoms with Gasteiger partial charge in [-0.25, -0.2) is 9.97 Å². The van der Waals surface area contributed by atoms with E-state index in [-0.39, 0.29) is 0 Å². The van der Waals surface area contributed by atoms with Gasteiger partial charge in [0.2, 0.25) is 0 Å². The van der Waals surface area contributed by atoms with Crippen molar-refractivity contribution in [2.75, 3.05) is 11.5 Å². The van der Waals surface area contributed by atoms with E-state index in [1.54, 1.807) is 11.8 Å². The fraction of sp³-hybridized carbons (Fsp3) is 0.385. The highest BCUT2D eigenvalue weighted by Crippen LogP contribution is 2.42. The van der Waals surface area contributed by atoms with Crippen LogP contribution in [0, 0.1) is 0 Å². The first-order valence-electron chi connectivity index (χ1n) is 6.11. The number of hydrogen-bond donors (Lipinski definition) is 1. The maximum absolute atomic E-state index is 5.98. The summed E-state index contributed by atoms with van der Waals surface area (Å²) in [6.07, 6.45) is 6.64. The average molecular weight is 277 g/mol. The van der Waals surface area contributed by atoms with Crippen molar-refractivity contribution in [3.63, 3.8) is 0 Å². The van der Waals surface area contributed by atoms with Crippen molar-refractivity contribution >= 4 is 28.9 Å². The number of nitrogens with two attached hydrogens (primary N) is 1. The highest BCUT2D eigenvalue weighted by molar-refractivity contribution is 7.99. The molecule has 0 aromatic rings. The van der Waals surface area contributed by atoms with Crippen molar-refractivity contribution in [1.82, 2.24) is 9.97 Å². The monoisotopic (exact) mass is 277 g/mol. The summed E-state index contributed by atoms with van der Waals surface area (Å²) in [6, 6.07) is 0. The minimum absolute atomic E-state index is 0.571. The summed E-state index contributed by atoms with van der Waals surface area (Å²) in [5.41, 5.74) is 8.11. The molecular formula is C13H15N3S2. The number of hydrogen-bond acceptors (Lipinski definition) is 5. The van der Waals surface area contributed by atoms with E-state index < -0.39 is 0 Å². The second-order valence-electron chi connectivity index (χ2n) is 4.37. The van der Waals surface area contributed by atoms with Crippen LogP contribution in [0.5, 0.6) is 0 Å². The van der Waals surface area contributed by atoms with Crippen molar-refractivity contribution in [1.29, 1.82) is 0 Å². The molecule has 2 aliphatic heterocycles. The average Bonchev–Trinajstić information content (AvgIpc) is 2.70. The van der Waals surface area contributed by atoms with Crippen LogP contribution >= 0.6 is 23.1 Å². The summed E-state index contributed by atoms with van der Waals surface area (Å²) in [5.74, 6) is 1.43. The van der Waals surface area contributed by atoms with E-state index in [0.29, 0.717) is 5.82 Å². The molecule has 18 heavy (non-hydrogen) atoms. The number of aromatic nitrogens is 2. The quantitative estimate of drug-likeness (QED) is 0.690. The van der Waals surface area contributed by atoms with E-state index in [2.05, 4.69) is 11.6 Å². The highest BCUT2D eigenvalue weighted by Gasteiger charge is 2.23. The second kappa shape index (κ2) is 4.90. The number of thioether (sulfide) groups is 1. The predicted octanol–water partition coefficient (Wildman–Crippen LogP) is 3.38. The van der Waals surface area contributed by atoms with Crippen molar-refractivity contribution in [3.8, 4) is 10.6 Å². The molecule has 2 heterocycles. The van der Waals surface area contributed by atoms with Gasteiger partial charge in [0.25, 0.3) is 0 Å². The Hall–Kier alpha value is -1.07. The molecule has 0 amide bonds. The van der Waals surface area contributed by atoms with Gasteiger partial charge >= 0.3 is 0 Å². The lowest BCUT2D eigenvalue weighted by atomic mass is 10.0. The normalized spacial score (nSPS) is 14.7. The molecule has 0 unspecified atom stereocenters. The molecule has 0 aromatic heterocycles. The van der Waals surface area contributed by atoms with Gasteiger partial charge in [-0.15, -0.1) is 29.7 Å². The first kappa shape index (κ1) is 12.0. The van der Waals surface area contributed by atoms with E-state index in [9.17, 15) is 0 Å². The van der Waals surface area contributed by atoms with Crippen molar-refractivity contribution < 1.29 is 0 Å². The van der Waals surface area contributed by atoms with Crippen LogP contribution in [0.15, 0.2) is 17.7 Å². The van der Waals surface area contributed by atoms with Crippen molar-refractivity contribution in [2.24, 2.45) is 0 Å². The van der Waals surface area contributed by atoms with Crippen LogP contribution in [-0.4, -0.2) is 15.7 Å². The Kier molecular flexibility index (Phi) is 3.26. The van der Waals surface area contributed by atoms with Crippen LogP contribution in [0.25, 0.3) is 10.6 Å². The molecule has 0 saturated heterocycles. The van der Waals surface area contributed by atoms with E-state index in [4.69, 9.17) is 10.7 Å². The SMILES string of the molecule is C=CCSc1nc(N)c2nc3c(sc1-2)CCCC3. The van der Waals surface area contributed by atoms with Crippen LogP contribution in [0.3, 0.4) is 0 Å². The molecule has 3 aliphatic rings. The Morgan fingerprint density at radius 3 is 3.00 bits per heavy atom.